The molecule has 1 unspecified atom stereocenters. The molecule has 4 nitrogen and oxygen atoms in total. The number of aliphatic imine (C=N–C) groups is 1. The number of hydrogen-bond donors (Lipinski definition) is 1. The van der Waals surface area contributed by atoms with Gasteiger partial charge in [0, 0.05) is 16.7 Å². The van der Waals surface area contributed by atoms with E-state index in [0.29, 0.717) is 11.6 Å². The van der Waals surface area contributed by atoms with Crippen LogP contribution in [0.25, 0.3) is 11.1 Å². The van der Waals surface area contributed by atoms with Crippen LogP contribution in [0.2, 0.25) is 0 Å². The third-order valence-corrected chi connectivity index (χ3v) is 5.46. The second-order valence-corrected chi connectivity index (χ2v) is 7.74. The van der Waals surface area contributed by atoms with E-state index < -0.39 is 5.72 Å². The molecule has 0 saturated carbocycles. The van der Waals surface area contributed by atoms with Gasteiger partial charge in [-0.25, -0.2) is 4.99 Å². The van der Waals surface area contributed by atoms with E-state index in [0.717, 1.165) is 4.90 Å². The third-order valence-electron chi connectivity index (χ3n) is 4.44. The van der Waals surface area contributed by atoms with E-state index in [4.69, 9.17) is 9.47 Å². The molecule has 0 saturated heterocycles. The predicted octanol–water partition coefficient (Wildman–Crippen LogP) is 5.02. The zero-order chi connectivity index (χ0) is 19.4. The van der Waals surface area contributed by atoms with Crippen molar-refractivity contribution in [2.45, 2.75) is 22.4 Å². The maximum atomic E-state index is 9.63. The maximum absolute atomic E-state index is 9.63. The van der Waals surface area contributed by atoms with Gasteiger partial charge in [0.2, 0.25) is 0 Å². The Bertz CT molecular complexity index is 955. The van der Waals surface area contributed by atoms with Gasteiger partial charge in [0.1, 0.15) is 12.4 Å². The minimum absolute atomic E-state index is 0.222. The van der Waals surface area contributed by atoms with Crippen molar-refractivity contribution >= 4 is 17.7 Å². The molecule has 1 atom stereocenters. The third kappa shape index (κ3) is 4.21. The van der Waals surface area contributed by atoms with Crippen molar-refractivity contribution in [3.05, 3.63) is 78.9 Å². The summed E-state index contributed by atoms with van der Waals surface area (Å²) in [5, 5.41) is 9.63. The van der Waals surface area contributed by atoms with E-state index in [-0.39, 0.29) is 13.2 Å². The Morgan fingerprint density at radius 2 is 1.54 bits per heavy atom. The smallest absolute Gasteiger partial charge is 0.259 e. The highest BCUT2D eigenvalue weighted by molar-refractivity contribution is 7.99. The molecule has 0 amide bonds. The average molecular weight is 391 g/mol. The van der Waals surface area contributed by atoms with Crippen LogP contribution >= 0.6 is 11.8 Å². The highest BCUT2D eigenvalue weighted by Gasteiger charge is 2.37. The first kappa shape index (κ1) is 18.6. The summed E-state index contributed by atoms with van der Waals surface area (Å²) in [6, 6.07) is 26.7. The van der Waals surface area contributed by atoms with E-state index in [1.165, 1.54) is 16.0 Å². The van der Waals surface area contributed by atoms with Gasteiger partial charge in [-0.2, -0.15) is 0 Å². The summed E-state index contributed by atoms with van der Waals surface area (Å²) < 4.78 is 11.2. The molecule has 1 aliphatic heterocycles. The fraction of sp³-hybridized carbons (Fsp3) is 0.174. The van der Waals surface area contributed by atoms with Crippen molar-refractivity contribution < 1.29 is 14.6 Å². The zero-order valence-electron chi connectivity index (χ0n) is 15.5. The summed E-state index contributed by atoms with van der Waals surface area (Å²) in [5.74, 6) is 1.18. The van der Waals surface area contributed by atoms with Crippen LogP contribution in [0.3, 0.4) is 0 Å². The van der Waals surface area contributed by atoms with Gasteiger partial charge in [-0.1, -0.05) is 54.2 Å². The van der Waals surface area contributed by atoms with Gasteiger partial charge in [-0.3, -0.25) is 0 Å². The lowest BCUT2D eigenvalue weighted by Crippen LogP contribution is -2.39. The van der Waals surface area contributed by atoms with Gasteiger partial charge in [-0.15, -0.1) is 0 Å². The first-order valence-electron chi connectivity index (χ1n) is 9.08. The predicted molar refractivity (Wildman–Crippen MR) is 112 cm³/mol. The molecule has 4 rings (SSSR count). The lowest BCUT2D eigenvalue weighted by molar-refractivity contribution is -0.00264. The Kier molecular flexibility index (Phi) is 5.37. The highest BCUT2D eigenvalue weighted by Crippen LogP contribution is 2.32. The summed E-state index contributed by atoms with van der Waals surface area (Å²) in [6.07, 6.45) is 0. The molecule has 1 aliphatic rings. The summed E-state index contributed by atoms with van der Waals surface area (Å²) in [4.78, 5) is 6.56. The molecule has 142 valence electrons. The van der Waals surface area contributed by atoms with Crippen LogP contribution in [-0.4, -0.2) is 29.9 Å². The van der Waals surface area contributed by atoms with Crippen LogP contribution in [-0.2, 0) is 4.74 Å². The number of aliphatic hydroxyl groups is 1. The molecule has 0 spiro atoms. The lowest BCUT2D eigenvalue weighted by atomic mass is 10.1. The fourth-order valence-corrected chi connectivity index (χ4v) is 3.83. The largest absolute Gasteiger partial charge is 0.475 e. The summed E-state index contributed by atoms with van der Waals surface area (Å²) >= 11 is 1.69. The average Bonchev–Trinajstić information content (AvgIpc) is 3.12. The molecule has 5 heteroatoms. The molecule has 1 heterocycles. The Balaban J connectivity index is 1.42. The molecule has 0 aliphatic carbocycles. The monoisotopic (exact) mass is 391 g/mol. The topological polar surface area (TPSA) is 51.1 Å². The SMILES string of the molecule is CC1=NC(CO)(Oc2ccc(Sc3ccc(-c4ccccc4)cc3)cc2)CO1. The molecule has 3 aromatic rings. The number of hydrogen-bond acceptors (Lipinski definition) is 5. The lowest BCUT2D eigenvalue weighted by Gasteiger charge is -2.23. The normalized spacial score (nSPS) is 18.4. The number of benzene rings is 3. The van der Waals surface area contributed by atoms with Crippen molar-refractivity contribution in [2.24, 2.45) is 4.99 Å². The number of ether oxygens (including phenoxy) is 2. The van der Waals surface area contributed by atoms with Gasteiger partial charge in [0.05, 0.1) is 0 Å². The molecular formula is C23H21NO3S. The number of aliphatic hydroxyl groups excluding tert-OH is 1. The molecule has 28 heavy (non-hydrogen) atoms. The molecule has 3 aromatic carbocycles. The van der Waals surface area contributed by atoms with Crippen molar-refractivity contribution in [3.8, 4) is 16.9 Å². The van der Waals surface area contributed by atoms with E-state index in [1.54, 1.807) is 18.7 Å². The van der Waals surface area contributed by atoms with E-state index >= 15 is 0 Å². The van der Waals surface area contributed by atoms with E-state index in [9.17, 15) is 5.11 Å². The number of rotatable bonds is 6. The molecule has 0 bridgehead atoms. The Morgan fingerprint density at radius 3 is 2.11 bits per heavy atom. The number of nitrogens with zero attached hydrogens (tertiary/aromatic N) is 1. The second-order valence-electron chi connectivity index (χ2n) is 6.59. The van der Waals surface area contributed by atoms with Crippen molar-refractivity contribution in [2.75, 3.05) is 13.2 Å². The molecule has 0 aromatic heterocycles. The summed E-state index contributed by atoms with van der Waals surface area (Å²) in [5.41, 5.74) is 1.39. The van der Waals surface area contributed by atoms with Gasteiger partial charge in [0.25, 0.3) is 5.72 Å². The van der Waals surface area contributed by atoms with Gasteiger partial charge in [-0.05, 0) is 47.5 Å². The van der Waals surface area contributed by atoms with Crippen LogP contribution in [0.4, 0.5) is 0 Å². The first-order chi connectivity index (χ1) is 13.7. The Morgan fingerprint density at radius 1 is 0.929 bits per heavy atom. The van der Waals surface area contributed by atoms with Crippen molar-refractivity contribution in [1.82, 2.24) is 0 Å². The van der Waals surface area contributed by atoms with Crippen LogP contribution in [0.15, 0.2) is 93.6 Å². The quantitative estimate of drug-likeness (QED) is 0.641. The van der Waals surface area contributed by atoms with E-state index in [1.807, 2.05) is 42.5 Å². The minimum atomic E-state index is -1.04. The van der Waals surface area contributed by atoms with Gasteiger partial charge in [0.15, 0.2) is 12.5 Å². The maximum Gasteiger partial charge on any atom is 0.259 e. The zero-order valence-corrected chi connectivity index (χ0v) is 16.4. The molecular weight excluding hydrogens is 370 g/mol. The summed E-state index contributed by atoms with van der Waals surface area (Å²) in [7, 11) is 0. The van der Waals surface area contributed by atoms with Gasteiger partial charge < -0.3 is 14.6 Å². The molecule has 0 fully saturated rings. The van der Waals surface area contributed by atoms with Crippen LogP contribution < -0.4 is 4.74 Å². The first-order valence-corrected chi connectivity index (χ1v) is 9.90. The van der Waals surface area contributed by atoms with Crippen molar-refractivity contribution in [3.63, 3.8) is 0 Å². The summed E-state index contributed by atoms with van der Waals surface area (Å²) in [6.45, 7) is 1.75. The molecule has 1 N–H and O–H groups in total. The van der Waals surface area contributed by atoms with Gasteiger partial charge >= 0.3 is 0 Å². The van der Waals surface area contributed by atoms with Crippen molar-refractivity contribution in [1.29, 1.82) is 0 Å². The van der Waals surface area contributed by atoms with Crippen LogP contribution in [0.1, 0.15) is 6.92 Å². The minimum Gasteiger partial charge on any atom is -0.475 e. The highest BCUT2D eigenvalue weighted by atomic mass is 32.2. The van der Waals surface area contributed by atoms with Crippen LogP contribution in [0, 0.1) is 0 Å². The van der Waals surface area contributed by atoms with E-state index in [2.05, 4.69) is 41.4 Å². The Labute approximate surface area is 168 Å². The second kappa shape index (κ2) is 8.09. The molecule has 0 radical (unpaired) electrons. The van der Waals surface area contributed by atoms with Crippen LogP contribution in [0.5, 0.6) is 5.75 Å². The fourth-order valence-electron chi connectivity index (χ4n) is 3.01. The standard InChI is InChI=1S/C23H21NO3S/c1-17-24-23(15-25,16-26-17)27-20-9-13-22(14-10-20)28-21-11-7-19(8-12-21)18-5-3-2-4-6-18/h2-14,25H,15-16H2,1H3. The Hall–Kier alpha value is -2.76.